The van der Waals surface area contributed by atoms with E-state index in [9.17, 15) is 13.2 Å². The quantitative estimate of drug-likeness (QED) is 0.740. The van der Waals surface area contributed by atoms with Crippen LogP contribution >= 0.6 is 0 Å². The van der Waals surface area contributed by atoms with Crippen LogP contribution in [0.5, 0.6) is 0 Å². The normalized spacial score (nSPS) is 27.1. The summed E-state index contributed by atoms with van der Waals surface area (Å²) >= 11 is 0. The highest BCUT2D eigenvalue weighted by Crippen LogP contribution is 2.42. The van der Waals surface area contributed by atoms with Gasteiger partial charge < -0.3 is 14.2 Å². The molecule has 3 aliphatic rings. The van der Waals surface area contributed by atoms with Crippen LogP contribution in [0.15, 0.2) is 29.2 Å². The maximum Gasteiger partial charge on any atom is 0.240 e. The molecule has 0 radical (unpaired) electrons. The molecule has 1 amide bonds. The lowest BCUT2D eigenvalue weighted by Gasteiger charge is -2.40. The number of rotatable bonds is 5. The molecular weight excluding hydrogens is 426 g/mol. The summed E-state index contributed by atoms with van der Waals surface area (Å²) in [5.74, 6) is 0.796. The predicted molar refractivity (Wildman–Crippen MR) is 125 cm³/mol. The third kappa shape index (κ3) is 4.08. The molecule has 1 aromatic heterocycles. The monoisotopic (exact) mass is 461 g/mol. The number of benzene rings is 1. The minimum absolute atomic E-state index is 0. The van der Waals surface area contributed by atoms with Gasteiger partial charge in [0.15, 0.2) is 0 Å². The van der Waals surface area contributed by atoms with E-state index in [-0.39, 0.29) is 13.4 Å². The lowest BCUT2D eigenvalue weighted by atomic mass is 9.73. The number of carbonyl (C=O) groups excluding carboxylic acids is 1. The Balaban J connectivity index is 0.00000259. The van der Waals surface area contributed by atoms with E-state index < -0.39 is 15.4 Å². The lowest BCUT2D eigenvalue weighted by molar-refractivity contribution is -0.147. The molecule has 176 valence electrons. The van der Waals surface area contributed by atoms with Crippen LogP contribution < -0.4 is 4.72 Å². The molecule has 7 nitrogen and oxygen atoms in total. The lowest BCUT2D eigenvalue weighted by Crippen LogP contribution is -2.50. The predicted octanol–water partition coefficient (Wildman–Crippen LogP) is 3.39. The molecule has 0 bridgehead atoms. The van der Waals surface area contributed by atoms with Crippen molar-refractivity contribution in [3.05, 3.63) is 30.0 Å². The van der Waals surface area contributed by atoms with E-state index in [0.717, 1.165) is 10.9 Å². The maximum absolute atomic E-state index is 13.1. The van der Waals surface area contributed by atoms with Gasteiger partial charge in [-0.25, -0.2) is 13.1 Å². The molecule has 3 fully saturated rings. The molecule has 0 atom stereocenters. The Morgan fingerprint density at radius 2 is 1.81 bits per heavy atom. The number of morpholine rings is 1. The molecule has 32 heavy (non-hydrogen) atoms. The highest BCUT2D eigenvalue weighted by molar-refractivity contribution is 7.89. The van der Waals surface area contributed by atoms with Crippen molar-refractivity contribution < 1.29 is 19.4 Å². The first-order valence-electron chi connectivity index (χ1n) is 11.8. The zero-order valence-corrected chi connectivity index (χ0v) is 19.8. The number of sulfonamides is 1. The molecule has 2 heterocycles. The highest BCUT2D eigenvalue weighted by atomic mass is 32.2. The Labute approximate surface area is 191 Å². The molecule has 2 aromatic rings. The van der Waals surface area contributed by atoms with Crippen molar-refractivity contribution in [1.82, 2.24) is 14.2 Å². The number of aryl methyl sites for hydroxylation is 1. The molecule has 0 unspecified atom stereocenters. The van der Waals surface area contributed by atoms with Gasteiger partial charge >= 0.3 is 0 Å². The number of ether oxygens (including phenoxy) is 1. The van der Waals surface area contributed by atoms with Crippen molar-refractivity contribution in [2.75, 3.05) is 26.3 Å². The van der Waals surface area contributed by atoms with Crippen LogP contribution in [0.2, 0.25) is 0 Å². The number of fused-ring (bicyclic) bond motifs is 1. The second kappa shape index (κ2) is 8.15. The van der Waals surface area contributed by atoms with Gasteiger partial charge in [-0.1, -0.05) is 13.0 Å². The zero-order chi connectivity index (χ0) is 22.5. The van der Waals surface area contributed by atoms with Crippen molar-refractivity contribution in [2.45, 2.75) is 62.3 Å². The average molecular weight is 462 g/mol. The van der Waals surface area contributed by atoms with E-state index in [1.54, 1.807) is 12.1 Å². The molecule has 1 saturated heterocycles. The topological polar surface area (TPSA) is 80.6 Å². The number of nitrogens with zero attached hydrogens (tertiary/aromatic N) is 2. The molecule has 8 heteroatoms. The zero-order valence-electron chi connectivity index (χ0n) is 19.0. The maximum atomic E-state index is 13.1. The molecule has 5 rings (SSSR count). The van der Waals surface area contributed by atoms with E-state index in [1.807, 2.05) is 24.9 Å². The van der Waals surface area contributed by atoms with Gasteiger partial charge in [-0.05, 0) is 68.0 Å². The van der Waals surface area contributed by atoms with Crippen LogP contribution in [0, 0.1) is 5.41 Å². The van der Waals surface area contributed by atoms with Crippen molar-refractivity contribution in [2.24, 2.45) is 12.5 Å². The summed E-state index contributed by atoms with van der Waals surface area (Å²) in [6, 6.07) is 7.45. The number of hydrogen-bond acceptors (Lipinski definition) is 4. The number of aromatic nitrogens is 1. The number of amides is 1. The van der Waals surface area contributed by atoms with Crippen LogP contribution in [-0.4, -0.2) is 56.1 Å². The Morgan fingerprint density at radius 1 is 1.12 bits per heavy atom. The second-order valence-electron chi connectivity index (χ2n) is 9.98. The van der Waals surface area contributed by atoms with E-state index in [1.165, 1.54) is 18.5 Å². The molecule has 2 aliphatic carbocycles. The first-order valence-corrected chi connectivity index (χ1v) is 13.2. The largest absolute Gasteiger partial charge is 0.378 e. The minimum atomic E-state index is -3.62. The van der Waals surface area contributed by atoms with Crippen molar-refractivity contribution in [3.8, 4) is 0 Å². The summed E-state index contributed by atoms with van der Waals surface area (Å²) in [5.41, 5.74) is 1.83. The van der Waals surface area contributed by atoms with Gasteiger partial charge in [-0.2, -0.15) is 0 Å². The number of nitrogens with one attached hydrogen (secondary N) is 1. The smallest absolute Gasteiger partial charge is 0.240 e. The number of hydrogen-bond donors (Lipinski definition) is 1. The average Bonchev–Trinajstić information content (AvgIpc) is 3.59. The Hall–Kier alpha value is -1.90. The summed E-state index contributed by atoms with van der Waals surface area (Å²) in [6.45, 7) is 4.51. The summed E-state index contributed by atoms with van der Waals surface area (Å²) < 4.78 is 36.7. The van der Waals surface area contributed by atoms with Crippen LogP contribution in [-0.2, 0) is 26.6 Å². The van der Waals surface area contributed by atoms with Gasteiger partial charge in [0.25, 0.3) is 0 Å². The third-order valence-electron chi connectivity index (χ3n) is 7.59. The molecule has 1 aromatic carbocycles. The molecular formula is C24H35N3O4S. The molecule has 2 saturated carbocycles. The second-order valence-corrected chi connectivity index (χ2v) is 11.7. The van der Waals surface area contributed by atoms with Gasteiger partial charge in [0.2, 0.25) is 15.9 Å². The van der Waals surface area contributed by atoms with Gasteiger partial charge in [-0.15, -0.1) is 0 Å². The van der Waals surface area contributed by atoms with Crippen LogP contribution in [0.4, 0.5) is 0 Å². The Kier molecular flexibility index (Phi) is 5.58. The number of carbonyl (C=O) groups is 1. The van der Waals surface area contributed by atoms with Gasteiger partial charge in [-0.3, -0.25) is 4.79 Å². The standard InChI is InChI=1S/C24H33N3O4S.H2/c1-24(23(28)27-11-13-31-14-12-27)9-7-19(8-10-24)25-32(29,30)20-6-5-18-15-21(17-3-4-17)26(2)22(18)16-20;/h5-6,15-17,19,25H,3-4,7-14H2,1-2H3;1H. The first kappa shape index (κ1) is 21.9. The highest BCUT2D eigenvalue weighted by Gasteiger charge is 2.41. The third-order valence-corrected chi connectivity index (χ3v) is 9.10. The fourth-order valence-corrected chi connectivity index (χ4v) is 6.62. The summed E-state index contributed by atoms with van der Waals surface area (Å²) in [4.78, 5) is 15.2. The van der Waals surface area contributed by atoms with Gasteiger partial charge in [0.05, 0.1) is 18.1 Å². The van der Waals surface area contributed by atoms with Crippen molar-refractivity contribution in [1.29, 1.82) is 0 Å². The fourth-order valence-electron chi connectivity index (χ4n) is 5.29. The van der Waals surface area contributed by atoms with Crippen LogP contribution in [0.25, 0.3) is 10.9 Å². The van der Waals surface area contributed by atoms with E-state index >= 15 is 0 Å². The fraction of sp³-hybridized carbons (Fsp3) is 0.625. The Morgan fingerprint density at radius 3 is 2.47 bits per heavy atom. The van der Waals surface area contributed by atoms with Crippen LogP contribution in [0.3, 0.4) is 0 Å². The Bertz CT molecular complexity index is 1130. The van der Waals surface area contributed by atoms with E-state index in [0.29, 0.717) is 62.8 Å². The van der Waals surface area contributed by atoms with Crippen LogP contribution in [0.1, 0.15) is 58.5 Å². The van der Waals surface area contributed by atoms with Gasteiger partial charge in [0.1, 0.15) is 0 Å². The van der Waals surface area contributed by atoms with E-state index in [2.05, 4.69) is 15.4 Å². The van der Waals surface area contributed by atoms with Crippen molar-refractivity contribution >= 4 is 26.8 Å². The molecule has 1 aliphatic heterocycles. The van der Waals surface area contributed by atoms with Crippen molar-refractivity contribution in [3.63, 3.8) is 0 Å². The summed E-state index contributed by atoms with van der Waals surface area (Å²) in [5, 5.41) is 1.09. The molecule has 1 N–H and O–H groups in total. The SMILES string of the molecule is Cn1c(C2CC2)cc2ccc(S(=O)(=O)NC3CCC(C)(C(=O)N4CCOCC4)CC3)cc21.[HH]. The summed E-state index contributed by atoms with van der Waals surface area (Å²) in [7, 11) is -1.60. The van der Waals surface area contributed by atoms with E-state index in [4.69, 9.17) is 4.74 Å². The minimum Gasteiger partial charge on any atom is -0.378 e. The van der Waals surface area contributed by atoms with Gasteiger partial charge in [0, 0.05) is 44.2 Å². The molecule has 0 spiro atoms. The first-order chi connectivity index (χ1) is 15.3. The summed E-state index contributed by atoms with van der Waals surface area (Å²) in [6.07, 6.45) is 5.15.